The zero-order valence-electron chi connectivity index (χ0n) is 15.0. The molecule has 0 radical (unpaired) electrons. The van der Waals surface area contributed by atoms with Gasteiger partial charge in [0.1, 0.15) is 5.82 Å². The number of aryl methyl sites for hydroxylation is 1. The molecule has 27 heavy (non-hydrogen) atoms. The van der Waals surface area contributed by atoms with Crippen molar-refractivity contribution in [2.45, 2.75) is 32.5 Å². The molecule has 3 rings (SSSR count). The molecule has 3 heterocycles. The maximum Gasteiger partial charge on any atom is 0.334 e. The van der Waals surface area contributed by atoms with Gasteiger partial charge in [-0.25, -0.2) is 9.78 Å². The zero-order valence-corrected chi connectivity index (χ0v) is 15.0. The number of amides is 1. The van der Waals surface area contributed by atoms with Crippen LogP contribution in [-0.4, -0.2) is 62.1 Å². The Morgan fingerprint density at radius 3 is 2.81 bits per heavy atom. The fraction of sp³-hybridized carbons (Fsp3) is 0.389. The number of hydrogen-bond acceptors (Lipinski definition) is 6. The third kappa shape index (κ3) is 4.20. The van der Waals surface area contributed by atoms with E-state index in [1.54, 1.807) is 38.4 Å². The number of rotatable bonds is 4. The maximum atomic E-state index is 12.6. The first-order valence-electron chi connectivity index (χ1n) is 8.51. The van der Waals surface area contributed by atoms with Crippen LogP contribution in [0.3, 0.4) is 0 Å². The Labute approximate surface area is 155 Å². The minimum absolute atomic E-state index is 0.0450. The predicted molar refractivity (Wildman–Crippen MR) is 95.1 cm³/mol. The van der Waals surface area contributed by atoms with E-state index in [4.69, 9.17) is 9.84 Å². The first kappa shape index (κ1) is 18.7. The van der Waals surface area contributed by atoms with Gasteiger partial charge in [-0.05, 0) is 26.0 Å². The number of carboxylic acids is 1. The Bertz CT molecular complexity index is 912. The number of pyridine rings is 1. The number of aliphatic carboxylic acids is 1. The fourth-order valence-electron chi connectivity index (χ4n) is 3.01. The molecule has 1 aliphatic heterocycles. The largest absolute Gasteiger partial charge is 0.479 e. The van der Waals surface area contributed by atoms with Gasteiger partial charge in [0, 0.05) is 35.8 Å². The topological polar surface area (TPSA) is 125 Å². The van der Waals surface area contributed by atoms with Gasteiger partial charge in [-0.2, -0.15) is 0 Å². The monoisotopic (exact) mass is 372 g/mol. The summed E-state index contributed by atoms with van der Waals surface area (Å²) in [7, 11) is 0. The molecule has 0 saturated carbocycles. The Kier molecular flexibility index (Phi) is 5.31. The number of morpholine rings is 1. The average Bonchev–Trinajstić information content (AvgIpc) is 2.64. The molecular formula is C18H20N4O5. The molecule has 2 N–H and O–H groups in total. The SMILES string of the molecule is Cc1nc(-c2cccnc2)[nH]c(=O)c1CC(=O)N1CC(C(=O)O)O[C@H](C)C1. The minimum Gasteiger partial charge on any atom is -0.479 e. The summed E-state index contributed by atoms with van der Waals surface area (Å²) >= 11 is 0. The van der Waals surface area contributed by atoms with Crippen molar-refractivity contribution < 1.29 is 19.4 Å². The van der Waals surface area contributed by atoms with Crippen LogP contribution in [0.25, 0.3) is 11.4 Å². The summed E-state index contributed by atoms with van der Waals surface area (Å²) in [4.78, 5) is 48.8. The van der Waals surface area contributed by atoms with E-state index < -0.39 is 23.7 Å². The van der Waals surface area contributed by atoms with E-state index in [2.05, 4.69) is 15.0 Å². The number of carbonyl (C=O) groups is 2. The molecule has 1 unspecified atom stereocenters. The van der Waals surface area contributed by atoms with Gasteiger partial charge in [0.05, 0.1) is 19.1 Å². The highest BCUT2D eigenvalue weighted by Gasteiger charge is 2.33. The van der Waals surface area contributed by atoms with Crippen molar-refractivity contribution in [1.82, 2.24) is 19.9 Å². The molecule has 0 aliphatic carbocycles. The van der Waals surface area contributed by atoms with Gasteiger partial charge in [0.2, 0.25) is 5.91 Å². The molecule has 0 aromatic carbocycles. The quantitative estimate of drug-likeness (QED) is 0.795. The van der Waals surface area contributed by atoms with Crippen LogP contribution in [0.1, 0.15) is 18.2 Å². The van der Waals surface area contributed by atoms with E-state index >= 15 is 0 Å². The van der Waals surface area contributed by atoms with E-state index in [-0.39, 0.29) is 31.0 Å². The molecular weight excluding hydrogens is 352 g/mol. The van der Waals surface area contributed by atoms with Gasteiger partial charge < -0.3 is 19.7 Å². The number of nitrogens with one attached hydrogen (secondary N) is 1. The van der Waals surface area contributed by atoms with Crippen molar-refractivity contribution in [3.05, 3.63) is 46.1 Å². The lowest BCUT2D eigenvalue weighted by Crippen LogP contribution is -2.52. The highest BCUT2D eigenvalue weighted by molar-refractivity contribution is 5.80. The molecule has 9 nitrogen and oxygen atoms in total. The number of aromatic amines is 1. The summed E-state index contributed by atoms with van der Waals surface area (Å²) in [6.45, 7) is 3.61. The van der Waals surface area contributed by atoms with Crippen LogP contribution in [0.15, 0.2) is 29.3 Å². The molecule has 9 heteroatoms. The molecule has 1 fully saturated rings. The number of carboxylic acid groups (broad SMARTS) is 1. The molecule has 2 atom stereocenters. The fourth-order valence-corrected chi connectivity index (χ4v) is 3.01. The van der Waals surface area contributed by atoms with Crippen molar-refractivity contribution in [1.29, 1.82) is 0 Å². The van der Waals surface area contributed by atoms with Crippen molar-refractivity contribution in [3.8, 4) is 11.4 Å². The molecule has 2 aromatic heterocycles. The van der Waals surface area contributed by atoms with Crippen LogP contribution in [0, 0.1) is 6.92 Å². The number of ether oxygens (including phenoxy) is 1. The van der Waals surface area contributed by atoms with E-state index in [9.17, 15) is 14.4 Å². The second-order valence-electron chi connectivity index (χ2n) is 6.47. The van der Waals surface area contributed by atoms with Crippen LogP contribution in [0.4, 0.5) is 0 Å². The highest BCUT2D eigenvalue weighted by Crippen LogP contribution is 2.15. The lowest BCUT2D eigenvalue weighted by atomic mass is 10.1. The zero-order chi connectivity index (χ0) is 19.6. The number of nitrogens with zero attached hydrogens (tertiary/aromatic N) is 3. The van der Waals surface area contributed by atoms with E-state index in [1.165, 1.54) is 4.90 Å². The smallest absolute Gasteiger partial charge is 0.334 e. The van der Waals surface area contributed by atoms with Crippen LogP contribution in [-0.2, 0) is 20.7 Å². The molecule has 0 spiro atoms. The molecule has 1 saturated heterocycles. The van der Waals surface area contributed by atoms with Gasteiger partial charge in [-0.15, -0.1) is 0 Å². The lowest BCUT2D eigenvalue weighted by molar-refractivity contribution is -0.166. The first-order valence-corrected chi connectivity index (χ1v) is 8.51. The number of aromatic nitrogens is 3. The second kappa shape index (κ2) is 7.67. The summed E-state index contributed by atoms with van der Waals surface area (Å²) in [5, 5.41) is 9.14. The van der Waals surface area contributed by atoms with Crippen molar-refractivity contribution in [2.24, 2.45) is 0 Å². The summed E-state index contributed by atoms with van der Waals surface area (Å²) in [5.41, 5.74) is 0.980. The van der Waals surface area contributed by atoms with Crippen LogP contribution >= 0.6 is 0 Å². The van der Waals surface area contributed by atoms with Crippen LogP contribution in [0.2, 0.25) is 0 Å². The maximum absolute atomic E-state index is 12.6. The highest BCUT2D eigenvalue weighted by atomic mass is 16.5. The lowest BCUT2D eigenvalue weighted by Gasteiger charge is -2.35. The Hall–Kier alpha value is -3.07. The normalized spacial score (nSPS) is 19.7. The molecule has 1 amide bonds. The summed E-state index contributed by atoms with van der Waals surface area (Å²) in [5.74, 6) is -1.07. The number of H-pyrrole nitrogens is 1. The predicted octanol–water partition coefficient (Wildman–Crippen LogP) is 0.383. The number of carbonyl (C=O) groups excluding carboxylic acids is 1. The van der Waals surface area contributed by atoms with Gasteiger partial charge in [0.25, 0.3) is 5.56 Å². The minimum atomic E-state index is -1.11. The third-order valence-electron chi connectivity index (χ3n) is 4.37. The van der Waals surface area contributed by atoms with Gasteiger partial charge in [0.15, 0.2) is 6.10 Å². The van der Waals surface area contributed by atoms with Crippen molar-refractivity contribution >= 4 is 11.9 Å². The molecule has 1 aliphatic rings. The Balaban J connectivity index is 1.80. The van der Waals surface area contributed by atoms with Crippen LogP contribution in [0.5, 0.6) is 0 Å². The van der Waals surface area contributed by atoms with Crippen molar-refractivity contribution in [2.75, 3.05) is 13.1 Å². The average molecular weight is 372 g/mol. The molecule has 0 bridgehead atoms. The Morgan fingerprint density at radius 1 is 1.41 bits per heavy atom. The van der Waals surface area contributed by atoms with Gasteiger partial charge in [-0.1, -0.05) is 0 Å². The van der Waals surface area contributed by atoms with Crippen LogP contribution < -0.4 is 5.56 Å². The summed E-state index contributed by atoms with van der Waals surface area (Å²) < 4.78 is 5.31. The molecule has 2 aromatic rings. The first-order chi connectivity index (χ1) is 12.8. The summed E-state index contributed by atoms with van der Waals surface area (Å²) in [6.07, 6.45) is 1.59. The second-order valence-corrected chi connectivity index (χ2v) is 6.47. The molecule has 142 valence electrons. The standard InChI is InChI=1S/C18H20N4O5/c1-10-8-22(9-14(27-10)18(25)26)15(23)6-13-11(2)20-16(21-17(13)24)12-4-3-5-19-7-12/h3-5,7,10,14H,6,8-9H2,1-2H3,(H,25,26)(H,20,21,24)/t10-,14?/m1/s1. The van der Waals surface area contributed by atoms with Gasteiger partial charge >= 0.3 is 5.97 Å². The van der Waals surface area contributed by atoms with Gasteiger partial charge in [-0.3, -0.25) is 14.6 Å². The number of hydrogen-bond donors (Lipinski definition) is 2. The summed E-state index contributed by atoms with van der Waals surface area (Å²) in [6, 6.07) is 3.51. The van der Waals surface area contributed by atoms with E-state index in [1.807, 2.05) is 0 Å². The Morgan fingerprint density at radius 2 is 2.19 bits per heavy atom. The van der Waals surface area contributed by atoms with E-state index in [0.29, 0.717) is 17.1 Å². The van der Waals surface area contributed by atoms with E-state index in [0.717, 1.165) is 0 Å². The van der Waals surface area contributed by atoms with Crippen molar-refractivity contribution in [3.63, 3.8) is 0 Å². The third-order valence-corrected chi connectivity index (χ3v) is 4.37.